The van der Waals surface area contributed by atoms with E-state index in [1.54, 1.807) is 12.5 Å². The van der Waals surface area contributed by atoms with Crippen molar-refractivity contribution in [2.45, 2.75) is 119 Å². The molecule has 7 heteroatoms. The number of hydrogen-bond acceptors (Lipinski definition) is 5. The lowest BCUT2D eigenvalue weighted by Crippen LogP contribution is -2.70. The molecule has 2 aromatic rings. The standard InChI is InChI=1S/C30H57N5Si2/c1-22(2)15-36(16-23(3)4,17-24(5)6)35(29-14-32-28-13-31-21-33-30(28)34-29)37(18-25(7)8,19-26(9)10)20-27(11)12/h13-14,21-27H,15-20H2,1-12H3. The van der Waals surface area contributed by atoms with Gasteiger partial charge in [0.25, 0.3) is 0 Å². The van der Waals surface area contributed by atoms with Crippen LogP contribution in [0.3, 0.4) is 0 Å². The topological polar surface area (TPSA) is 54.8 Å². The fourth-order valence-electron chi connectivity index (χ4n) is 7.46. The fraction of sp³-hybridized carbons (Fsp3) is 0.800. The predicted octanol–water partition coefficient (Wildman–Crippen LogP) is 9.05. The number of hydrogen-bond donors (Lipinski definition) is 0. The van der Waals surface area contributed by atoms with Crippen molar-refractivity contribution in [3.8, 4) is 0 Å². The van der Waals surface area contributed by atoms with E-state index in [4.69, 9.17) is 9.97 Å². The van der Waals surface area contributed by atoms with Gasteiger partial charge in [0.2, 0.25) is 0 Å². The maximum absolute atomic E-state index is 5.33. The maximum Gasteiger partial charge on any atom is 0.183 e. The molecule has 2 aromatic heterocycles. The molecule has 0 N–H and O–H groups in total. The average Bonchev–Trinajstić information content (AvgIpc) is 2.70. The fourth-order valence-corrected chi connectivity index (χ4v) is 25.5. The molecule has 5 nitrogen and oxygen atoms in total. The highest BCUT2D eigenvalue weighted by Crippen LogP contribution is 2.46. The van der Waals surface area contributed by atoms with Gasteiger partial charge >= 0.3 is 0 Å². The number of anilines is 1. The normalized spacial score (nSPS) is 13.4. The van der Waals surface area contributed by atoms with Crippen molar-refractivity contribution in [1.29, 1.82) is 0 Å². The molecule has 0 saturated carbocycles. The van der Waals surface area contributed by atoms with Crippen LogP contribution in [0.2, 0.25) is 36.3 Å². The van der Waals surface area contributed by atoms with Gasteiger partial charge in [-0.3, -0.25) is 0 Å². The lowest BCUT2D eigenvalue weighted by Gasteiger charge is -2.57. The molecule has 0 atom stereocenters. The predicted molar refractivity (Wildman–Crippen MR) is 167 cm³/mol. The number of aromatic nitrogens is 4. The first-order valence-electron chi connectivity index (χ1n) is 14.9. The maximum atomic E-state index is 5.33. The van der Waals surface area contributed by atoms with Crippen molar-refractivity contribution < 1.29 is 0 Å². The number of nitrogens with zero attached hydrogens (tertiary/aromatic N) is 5. The minimum absolute atomic E-state index is 0.659. The summed E-state index contributed by atoms with van der Waals surface area (Å²) in [6, 6.07) is 7.89. The van der Waals surface area contributed by atoms with E-state index in [0.717, 1.165) is 17.0 Å². The van der Waals surface area contributed by atoms with Crippen molar-refractivity contribution in [3.63, 3.8) is 0 Å². The lowest BCUT2D eigenvalue weighted by atomic mass is 10.2. The van der Waals surface area contributed by atoms with Crippen LogP contribution in [0.15, 0.2) is 18.7 Å². The van der Waals surface area contributed by atoms with Gasteiger partial charge in [0.1, 0.15) is 34.1 Å². The second kappa shape index (κ2) is 13.6. The van der Waals surface area contributed by atoms with Crippen LogP contribution in [-0.2, 0) is 0 Å². The highest BCUT2D eigenvalue weighted by Gasteiger charge is 2.53. The Morgan fingerprint density at radius 3 is 1.30 bits per heavy atom. The first-order valence-corrected chi connectivity index (χ1v) is 20.1. The Morgan fingerprint density at radius 2 is 0.946 bits per heavy atom. The molecular weight excluding hydrogens is 487 g/mol. The zero-order chi connectivity index (χ0) is 28.0. The van der Waals surface area contributed by atoms with Gasteiger partial charge in [-0.05, 0) is 71.8 Å². The molecule has 37 heavy (non-hydrogen) atoms. The van der Waals surface area contributed by atoms with Crippen molar-refractivity contribution in [2.75, 3.05) is 4.23 Å². The number of rotatable bonds is 15. The van der Waals surface area contributed by atoms with Gasteiger partial charge in [-0.2, -0.15) is 0 Å². The molecule has 0 amide bonds. The van der Waals surface area contributed by atoms with Gasteiger partial charge in [0.05, 0.1) is 12.4 Å². The van der Waals surface area contributed by atoms with Crippen molar-refractivity contribution in [2.24, 2.45) is 35.5 Å². The van der Waals surface area contributed by atoms with Gasteiger partial charge in [-0.1, -0.05) is 83.1 Å². The van der Waals surface area contributed by atoms with Crippen LogP contribution in [0, 0.1) is 35.5 Å². The zero-order valence-corrected chi connectivity index (χ0v) is 28.2. The largest absolute Gasteiger partial charge is 0.407 e. The van der Waals surface area contributed by atoms with Crippen LogP contribution in [0.5, 0.6) is 0 Å². The average molecular weight is 544 g/mol. The van der Waals surface area contributed by atoms with E-state index in [1.807, 2.05) is 0 Å². The Balaban J connectivity index is 3.03. The summed E-state index contributed by atoms with van der Waals surface area (Å²) in [6.07, 6.45) is 5.51. The first-order chi connectivity index (χ1) is 17.2. The molecule has 2 heterocycles. The molecule has 0 aliphatic heterocycles. The van der Waals surface area contributed by atoms with E-state index < -0.39 is 16.5 Å². The molecule has 0 aromatic carbocycles. The van der Waals surface area contributed by atoms with Crippen LogP contribution < -0.4 is 4.23 Å². The summed E-state index contributed by atoms with van der Waals surface area (Å²) in [7, 11) is -4.06. The summed E-state index contributed by atoms with van der Waals surface area (Å²) in [5.74, 6) is 5.07. The Labute approximate surface area is 230 Å². The third-order valence-electron chi connectivity index (χ3n) is 7.12. The van der Waals surface area contributed by atoms with Gasteiger partial charge in [0, 0.05) is 0 Å². The molecular formula is C30H57N5Si2. The SMILES string of the molecule is CC(C)C[Si](CC(C)C)(CC(C)C)N(c1cnc2cncnc2n1)[Si](CC(C)C)(CC(C)C)CC(C)C. The molecule has 0 aliphatic rings. The molecule has 0 saturated heterocycles. The molecule has 0 radical (unpaired) electrons. The van der Waals surface area contributed by atoms with Gasteiger partial charge in [-0.25, -0.2) is 19.9 Å². The third-order valence-corrected chi connectivity index (χ3v) is 21.8. The van der Waals surface area contributed by atoms with E-state index in [0.29, 0.717) is 35.5 Å². The molecule has 210 valence electrons. The lowest BCUT2D eigenvalue weighted by molar-refractivity contribution is 0.622. The monoisotopic (exact) mass is 543 g/mol. The van der Waals surface area contributed by atoms with Crippen LogP contribution in [0.1, 0.15) is 83.1 Å². The number of fused-ring (bicyclic) bond motifs is 1. The van der Waals surface area contributed by atoms with Gasteiger partial charge < -0.3 is 4.23 Å². The van der Waals surface area contributed by atoms with E-state index >= 15 is 0 Å². The zero-order valence-electron chi connectivity index (χ0n) is 26.2. The second-order valence-corrected chi connectivity index (χ2v) is 23.0. The Hall–Kier alpha value is -1.35. The summed E-state index contributed by atoms with van der Waals surface area (Å²) < 4.78 is 3.12. The summed E-state index contributed by atoms with van der Waals surface area (Å²) in [5, 5.41) is 0. The smallest absolute Gasteiger partial charge is 0.183 e. The van der Waals surface area contributed by atoms with Crippen molar-refractivity contribution in [3.05, 3.63) is 18.7 Å². The van der Waals surface area contributed by atoms with Gasteiger partial charge in [0.15, 0.2) is 5.65 Å². The third kappa shape index (κ3) is 8.84. The van der Waals surface area contributed by atoms with E-state index in [9.17, 15) is 0 Å². The Bertz CT molecular complexity index is 867. The summed E-state index contributed by atoms with van der Waals surface area (Å²) in [5.41, 5.74) is 1.53. The molecule has 0 fully saturated rings. The van der Waals surface area contributed by atoms with E-state index in [2.05, 4.69) is 103 Å². The minimum Gasteiger partial charge on any atom is -0.407 e. The molecule has 0 spiro atoms. The van der Waals surface area contributed by atoms with Crippen molar-refractivity contribution >= 4 is 33.5 Å². The highest BCUT2D eigenvalue weighted by atomic mass is 28.4. The van der Waals surface area contributed by atoms with E-state index in [-0.39, 0.29) is 0 Å². The summed E-state index contributed by atoms with van der Waals surface area (Å²) in [4.78, 5) is 19.0. The minimum atomic E-state index is -2.03. The Morgan fingerprint density at radius 1 is 0.568 bits per heavy atom. The highest BCUT2D eigenvalue weighted by molar-refractivity contribution is 7.02. The van der Waals surface area contributed by atoms with Gasteiger partial charge in [-0.15, -0.1) is 0 Å². The van der Waals surface area contributed by atoms with Crippen LogP contribution in [0.25, 0.3) is 11.2 Å². The molecule has 0 bridgehead atoms. The van der Waals surface area contributed by atoms with E-state index in [1.165, 1.54) is 36.3 Å². The molecule has 0 unspecified atom stereocenters. The van der Waals surface area contributed by atoms with Crippen molar-refractivity contribution in [1.82, 2.24) is 19.9 Å². The second-order valence-electron chi connectivity index (χ2n) is 14.3. The van der Waals surface area contributed by atoms with Crippen LogP contribution in [0.4, 0.5) is 5.82 Å². The van der Waals surface area contributed by atoms with Crippen LogP contribution >= 0.6 is 0 Å². The van der Waals surface area contributed by atoms with Crippen LogP contribution in [-0.4, -0.2) is 36.4 Å². The molecule has 2 rings (SSSR count). The first kappa shape index (κ1) is 31.9. The Kier molecular flexibility index (Phi) is 11.7. The molecule has 0 aliphatic carbocycles. The summed E-state index contributed by atoms with van der Waals surface area (Å²) in [6.45, 7) is 29.3. The quantitative estimate of drug-likeness (QED) is 0.210. The summed E-state index contributed by atoms with van der Waals surface area (Å²) >= 11 is 0.